The summed E-state index contributed by atoms with van der Waals surface area (Å²) in [5.74, 6) is 1.47. The molecule has 0 unspecified atom stereocenters. The van der Waals surface area contributed by atoms with E-state index in [0.717, 1.165) is 25.3 Å². The van der Waals surface area contributed by atoms with E-state index in [1.165, 1.54) is 12.8 Å². The lowest BCUT2D eigenvalue weighted by Crippen LogP contribution is -2.52. The summed E-state index contributed by atoms with van der Waals surface area (Å²) in [6, 6.07) is 3.40. The highest BCUT2D eigenvalue weighted by Crippen LogP contribution is 2.30. The summed E-state index contributed by atoms with van der Waals surface area (Å²) in [5.41, 5.74) is 0.728. The molecule has 2 aliphatic rings. The average Bonchev–Trinajstić information content (AvgIpc) is 3.37. The van der Waals surface area contributed by atoms with E-state index in [1.54, 1.807) is 27.7 Å². The first-order valence-electron chi connectivity index (χ1n) is 9.70. The Kier molecular flexibility index (Phi) is 4.40. The second kappa shape index (κ2) is 6.62. The van der Waals surface area contributed by atoms with Gasteiger partial charge in [0.25, 0.3) is 11.1 Å². The maximum Gasteiger partial charge on any atom is 0.293 e. The van der Waals surface area contributed by atoms with Crippen LogP contribution >= 0.6 is 0 Å². The molecular weight excluding hydrogens is 342 g/mol. The van der Waals surface area contributed by atoms with Crippen LogP contribution in [-0.2, 0) is 18.5 Å². The minimum absolute atomic E-state index is 0.00660. The third-order valence-electron chi connectivity index (χ3n) is 5.37. The molecule has 27 heavy (non-hydrogen) atoms. The minimum atomic E-state index is -0.0955. The Labute approximate surface area is 158 Å². The Balaban J connectivity index is 1.43. The summed E-state index contributed by atoms with van der Waals surface area (Å²) in [5, 5.41) is 4.54. The van der Waals surface area contributed by atoms with Crippen LogP contribution in [0.3, 0.4) is 0 Å². The maximum atomic E-state index is 12.6. The van der Waals surface area contributed by atoms with Crippen molar-refractivity contribution in [1.29, 1.82) is 0 Å². The molecule has 4 rings (SSSR count). The van der Waals surface area contributed by atoms with Crippen molar-refractivity contribution in [2.75, 3.05) is 18.0 Å². The molecule has 0 aromatic carbocycles. The second-order valence-corrected chi connectivity index (χ2v) is 8.91. The summed E-state index contributed by atoms with van der Waals surface area (Å²) in [6.45, 7) is 9.08. The number of rotatable bonds is 5. The molecule has 7 heteroatoms. The number of hydrogen-bond acceptors (Lipinski definition) is 5. The van der Waals surface area contributed by atoms with Crippen molar-refractivity contribution in [2.24, 2.45) is 11.8 Å². The third-order valence-corrected chi connectivity index (χ3v) is 5.37. The number of nitrogens with zero attached hydrogens (tertiary/aromatic N) is 5. The molecule has 2 aromatic heterocycles. The molecule has 0 amide bonds. The van der Waals surface area contributed by atoms with Crippen LogP contribution in [0.2, 0.25) is 0 Å². The van der Waals surface area contributed by atoms with Gasteiger partial charge in [-0.05, 0) is 24.8 Å². The van der Waals surface area contributed by atoms with E-state index in [1.807, 2.05) is 11.0 Å². The lowest BCUT2D eigenvalue weighted by Gasteiger charge is -2.39. The fourth-order valence-corrected chi connectivity index (χ4v) is 3.46. The molecule has 0 bridgehead atoms. The zero-order chi connectivity index (χ0) is 19.2. The lowest BCUT2D eigenvalue weighted by molar-refractivity contribution is 0.326. The predicted octanol–water partition coefficient (Wildman–Crippen LogP) is 1.64. The number of aromatic nitrogens is 4. The van der Waals surface area contributed by atoms with Gasteiger partial charge in [0.1, 0.15) is 0 Å². The Morgan fingerprint density at radius 2 is 1.81 bits per heavy atom. The van der Waals surface area contributed by atoms with Gasteiger partial charge in [-0.25, -0.2) is 9.67 Å². The molecule has 1 saturated heterocycles. The van der Waals surface area contributed by atoms with E-state index >= 15 is 0 Å². The van der Waals surface area contributed by atoms with E-state index in [4.69, 9.17) is 0 Å². The molecule has 0 N–H and O–H groups in total. The number of anilines is 1. The molecule has 0 atom stereocenters. The van der Waals surface area contributed by atoms with Gasteiger partial charge in [-0.1, -0.05) is 20.8 Å². The molecule has 0 radical (unpaired) electrons. The average molecular weight is 369 g/mol. The maximum absolute atomic E-state index is 12.6. The van der Waals surface area contributed by atoms with E-state index in [-0.39, 0.29) is 16.5 Å². The van der Waals surface area contributed by atoms with Crippen LogP contribution in [0.5, 0.6) is 0 Å². The van der Waals surface area contributed by atoms with Crippen molar-refractivity contribution in [2.45, 2.75) is 52.1 Å². The molecule has 7 nitrogen and oxygen atoms in total. The van der Waals surface area contributed by atoms with Crippen molar-refractivity contribution >= 4 is 5.82 Å². The zero-order valence-electron chi connectivity index (χ0n) is 16.3. The van der Waals surface area contributed by atoms with Crippen LogP contribution < -0.4 is 16.0 Å². The van der Waals surface area contributed by atoms with E-state index in [2.05, 4.69) is 30.9 Å². The van der Waals surface area contributed by atoms with Crippen molar-refractivity contribution in [1.82, 2.24) is 19.3 Å². The van der Waals surface area contributed by atoms with Gasteiger partial charge >= 0.3 is 0 Å². The number of hydrogen-bond donors (Lipinski definition) is 0. The molecule has 0 spiro atoms. The molecule has 3 heterocycles. The SMILES string of the molecule is CC(C)(C)c1ccc(=O)n(CC2CN(c3nccn(CC4CC4)c3=O)C2)n1. The quantitative estimate of drug-likeness (QED) is 0.801. The normalized spacial score (nSPS) is 17.8. The Bertz CT molecular complexity index is 946. The molecule has 144 valence electrons. The molecular formula is C20H27N5O2. The molecule has 1 saturated carbocycles. The minimum Gasteiger partial charge on any atom is -0.351 e. The summed E-state index contributed by atoms with van der Waals surface area (Å²) in [7, 11) is 0. The third kappa shape index (κ3) is 3.82. The predicted molar refractivity (Wildman–Crippen MR) is 104 cm³/mol. The van der Waals surface area contributed by atoms with Crippen LogP contribution in [0.25, 0.3) is 0 Å². The smallest absolute Gasteiger partial charge is 0.293 e. The van der Waals surface area contributed by atoms with Crippen LogP contribution in [0.1, 0.15) is 39.3 Å². The summed E-state index contributed by atoms with van der Waals surface area (Å²) < 4.78 is 3.35. The first-order chi connectivity index (χ1) is 12.8. The van der Waals surface area contributed by atoms with Crippen LogP contribution in [0.4, 0.5) is 5.82 Å². The lowest BCUT2D eigenvalue weighted by atomic mass is 9.92. The first-order valence-corrected chi connectivity index (χ1v) is 9.70. The van der Waals surface area contributed by atoms with Crippen molar-refractivity contribution < 1.29 is 0 Å². The van der Waals surface area contributed by atoms with Gasteiger partial charge < -0.3 is 9.47 Å². The van der Waals surface area contributed by atoms with Crippen LogP contribution in [0.15, 0.2) is 34.1 Å². The highest BCUT2D eigenvalue weighted by Gasteiger charge is 2.31. The van der Waals surface area contributed by atoms with E-state index < -0.39 is 0 Å². The van der Waals surface area contributed by atoms with Crippen molar-refractivity contribution in [3.63, 3.8) is 0 Å². The van der Waals surface area contributed by atoms with Gasteiger partial charge in [0, 0.05) is 49.4 Å². The fourth-order valence-electron chi connectivity index (χ4n) is 3.46. The summed E-state index contributed by atoms with van der Waals surface area (Å²) in [4.78, 5) is 31.1. The van der Waals surface area contributed by atoms with Crippen molar-refractivity contribution in [3.8, 4) is 0 Å². The Morgan fingerprint density at radius 1 is 1.07 bits per heavy atom. The highest BCUT2D eigenvalue weighted by molar-refractivity contribution is 5.39. The molecule has 2 aromatic rings. The Morgan fingerprint density at radius 3 is 2.48 bits per heavy atom. The first kappa shape index (κ1) is 17.9. The fraction of sp³-hybridized carbons (Fsp3) is 0.600. The second-order valence-electron chi connectivity index (χ2n) is 8.91. The van der Waals surface area contributed by atoms with Gasteiger partial charge in [-0.3, -0.25) is 9.59 Å². The van der Waals surface area contributed by atoms with Gasteiger partial charge in [0.15, 0.2) is 5.82 Å². The van der Waals surface area contributed by atoms with Gasteiger partial charge in [0.05, 0.1) is 12.2 Å². The van der Waals surface area contributed by atoms with Gasteiger partial charge in [-0.15, -0.1) is 0 Å². The molecule has 1 aliphatic carbocycles. The van der Waals surface area contributed by atoms with Crippen LogP contribution in [-0.4, -0.2) is 32.4 Å². The largest absolute Gasteiger partial charge is 0.351 e. The molecule has 2 fully saturated rings. The monoisotopic (exact) mass is 369 g/mol. The van der Waals surface area contributed by atoms with E-state index in [0.29, 0.717) is 24.2 Å². The standard InChI is InChI=1S/C20H27N5O2/c1-20(2,3)16-6-7-17(26)25(22-16)13-15-11-24(12-15)18-19(27)23(9-8-21-18)10-14-4-5-14/h6-9,14-15H,4-5,10-13H2,1-3H3. The highest BCUT2D eigenvalue weighted by atomic mass is 16.1. The zero-order valence-corrected chi connectivity index (χ0v) is 16.3. The van der Waals surface area contributed by atoms with Gasteiger partial charge in [-0.2, -0.15) is 5.10 Å². The molecule has 1 aliphatic heterocycles. The topological polar surface area (TPSA) is 73.0 Å². The van der Waals surface area contributed by atoms with E-state index in [9.17, 15) is 9.59 Å². The van der Waals surface area contributed by atoms with Gasteiger partial charge in [0.2, 0.25) is 0 Å². The van der Waals surface area contributed by atoms with Crippen LogP contribution in [0, 0.1) is 11.8 Å². The van der Waals surface area contributed by atoms with Crippen molar-refractivity contribution in [3.05, 3.63) is 50.9 Å². The summed E-state index contributed by atoms with van der Waals surface area (Å²) in [6.07, 6.45) is 5.92. The summed E-state index contributed by atoms with van der Waals surface area (Å²) >= 11 is 0. The Hall–Kier alpha value is -2.44.